The standard InChI is InChI=1S/C14H21N3O/c1-14(2,17(3)4)9-15-12-10-7-5-6-8-11(10)16-13(12)18/h5-8,12,15H,9H2,1-4H3,(H,16,18). The van der Waals surface area contributed by atoms with E-state index in [2.05, 4.69) is 29.4 Å². The van der Waals surface area contributed by atoms with Gasteiger partial charge in [0, 0.05) is 23.3 Å². The molecule has 1 unspecified atom stereocenters. The molecule has 1 aliphatic heterocycles. The highest BCUT2D eigenvalue weighted by atomic mass is 16.2. The van der Waals surface area contributed by atoms with Crippen LogP contribution in [0.1, 0.15) is 25.5 Å². The Morgan fingerprint density at radius 3 is 2.67 bits per heavy atom. The average molecular weight is 247 g/mol. The summed E-state index contributed by atoms with van der Waals surface area (Å²) in [5, 5.41) is 6.25. The molecule has 0 aromatic heterocycles. The van der Waals surface area contributed by atoms with Gasteiger partial charge in [0.2, 0.25) is 5.91 Å². The molecular formula is C14H21N3O. The van der Waals surface area contributed by atoms with Gasteiger partial charge >= 0.3 is 0 Å². The maximum Gasteiger partial charge on any atom is 0.246 e. The van der Waals surface area contributed by atoms with Crippen LogP contribution in [0, 0.1) is 0 Å². The van der Waals surface area contributed by atoms with Gasteiger partial charge in [0.25, 0.3) is 0 Å². The van der Waals surface area contributed by atoms with Crippen LogP contribution in [-0.4, -0.2) is 37.0 Å². The Hall–Kier alpha value is -1.39. The van der Waals surface area contributed by atoms with Gasteiger partial charge in [0.15, 0.2) is 0 Å². The van der Waals surface area contributed by atoms with Crippen LogP contribution in [0.4, 0.5) is 5.69 Å². The SMILES string of the molecule is CN(C)C(C)(C)CNC1C(=O)Nc2ccccc21. The highest BCUT2D eigenvalue weighted by Crippen LogP contribution is 2.30. The number of hydrogen-bond acceptors (Lipinski definition) is 3. The normalized spacial score (nSPS) is 18.9. The number of rotatable bonds is 4. The lowest BCUT2D eigenvalue weighted by Crippen LogP contribution is -2.48. The van der Waals surface area contributed by atoms with Crippen LogP contribution in [0.3, 0.4) is 0 Å². The molecule has 1 aromatic carbocycles. The monoisotopic (exact) mass is 247 g/mol. The number of nitrogens with zero attached hydrogens (tertiary/aromatic N) is 1. The van der Waals surface area contributed by atoms with E-state index in [1.54, 1.807) is 0 Å². The second-order valence-corrected chi connectivity index (χ2v) is 5.60. The summed E-state index contributed by atoms with van der Waals surface area (Å²) in [7, 11) is 4.09. The van der Waals surface area contributed by atoms with Crippen molar-refractivity contribution in [2.45, 2.75) is 25.4 Å². The van der Waals surface area contributed by atoms with Crippen molar-refractivity contribution in [3.63, 3.8) is 0 Å². The van der Waals surface area contributed by atoms with Crippen molar-refractivity contribution in [1.29, 1.82) is 0 Å². The zero-order valence-electron chi connectivity index (χ0n) is 11.4. The van der Waals surface area contributed by atoms with Gasteiger partial charge in [-0.3, -0.25) is 4.79 Å². The van der Waals surface area contributed by atoms with Crippen molar-refractivity contribution in [3.05, 3.63) is 29.8 Å². The van der Waals surface area contributed by atoms with Crippen molar-refractivity contribution in [1.82, 2.24) is 10.2 Å². The predicted octanol–water partition coefficient (Wildman–Crippen LogP) is 1.61. The van der Waals surface area contributed by atoms with Crippen LogP contribution >= 0.6 is 0 Å². The summed E-state index contributed by atoms with van der Waals surface area (Å²) in [6.07, 6.45) is 0. The van der Waals surface area contributed by atoms with Crippen LogP contribution in [0.25, 0.3) is 0 Å². The maximum absolute atomic E-state index is 11.9. The van der Waals surface area contributed by atoms with Crippen LogP contribution in [0.2, 0.25) is 0 Å². The number of nitrogens with one attached hydrogen (secondary N) is 2. The molecule has 2 rings (SSSR count). The van der Waals surface area contributed by atoms with Gasteiger partial charge in [-0.15, -0.1) is 0 Å². The minimum atomic E-state index is -0.236. The van der Waals surface area contributed by atoms with Crippen LogP contribution in [-0.2, 0) is 4.79 Å². The van der Waals surface area contributed by atoms with E-state index in [1.807, 2.05) is 38.4 Å². The number of carbonyl (C=O) groups is 1. The lowest BCUT2D eigenvalue weighted by molar-refractivity contribution is -0.117. The Kier molecular flexibility index (Phi) is 3.41. The highest BCUT2D eigenvalue weighted by Gasteiger charge is 2.31. The number of amides is 1. The number of benzene rings is 1. The first-order valence-corrected chi connectivity index (χ1v) is 6.22. The molecule has 0 saturated heterocycles. The summed E-state index contributed by atoms with van der Waals surface area (Å²) < 4.78 is 0. The number of carbonyl (C=O) groups excluding carboxylic acids is 1. The summed E-state index contributed by atoms with van der Waals surface area (Å²) in [5.74, 6) is 0.0331. The number of fused-ring (bicyclic) bond motifs is 1. The van der Waals surface area contributed by atoms with Crippen LogP contribution < -0.4 is 10.6 Å². The van der Waals surface area contributed by atoms with E-state index in [9.17, 15) is 4.79 Å². The quantitative estimate of drug-likeness (QED) is 0.849. The molecule has 0 aliphatic carbocycles. The predicted molar refractivity (Wildman–Crippen MR) is 73.6 cm³/mol. The van der Waals surface area contributed by atoms with E-state index >= 15 is 0 Å². The zero-order valence-corrected chi connectivity index (χ0v) is 11.4. The van der Waals surface area contributed by atoms with Crippen molar-refractivity contribution in [2.24, 2.45) is 0 Å². The molecule has 98 valence electrons. The minimum absolute atomic E-state index is 0.0117. The summed E-state index contributed by atoms with van der Waals surface area (Å²) >= 11 is 0. The smallest absolute Gasteiger partial charge is 0.246 e. The van der Waals surface area contributed by atoms with E-state index in [1.165, 1.54) is 0 Å². The summed E-state index contributed by atoms with van der Waals surface area (Å²) in [4.78, 5) is 14.1. The third kappa shape index (κ3) is 2.40. The molecule has 0 saturated carbocycles. The van der Waals surface area contributed by atoms with Crippen LogP contribution in [0.5, 0.6) is 0 Å². The van der Waals surface area contributed by atoms with Crippen molar-refractivity contribution >= 4 is 11.6 Å². The first kappa shape index (κ1) is 13.1. The minimum Gasteiger partial charge on any atom is -0.324 e. The second kappa shape index (κ2) is 4.71. The second-order valence-electron chi connectivity index (χ2n) is 5.60. The van der Waals surface area contributed by atoms with Gasteiger partial charge in [0.1, 0.15) is 6.04 Å². The van der Waals surface area contributed by atoms with Gasteiger partial charge in [-0.2, -0.15) is 0 Å². The lowest BCUT2D eigenvalue weighted by Gasteiger charge is -2.33. The molecule has 1 amide bonds. The molecule has 0 fully saturated rings. The van der Waals surface area contributed by atoms with E-state index in [0.717, 1.165) is 17.8 Å². The Bertz CT molecular complexity index is 454. The van der Waals surface area contributed by atoms with Gasteiger partial charge in [-0.1, -0.05) is 18.2 Å². The molecule has 2 N–H and O–H groups in total. The van der Waals surface area contributed by atoms with Crippen molar-refractivity contribution < 1.29 is 4.79 Å². The molecule has 18 heavy (non-hydrogen) atoms. The summed E-state index contributed by atoms with van der Waals surface area (Å²) in [6.45, 7) is 5.06. The van der Waals surface area contributed by atoms with Gasteiger partial charge in [0.05, 0.1) is 0 Å². The van der Waals surface area contributed by atoms with Crippen molar-refractivity contribution in [3.8, 4) is 0 Å². The molecule has 0 radical (unpaired) electrons. The fourth-order valence-electron chi connectivity index (χ4n) is 1.92. The average Bonchev–Trinajstić information content (AvgIpc) is 2.62. The fraction of sp³-hybridized carbons (Fsp3) is 0.500. The van der Waals surface area contributed by atoms with Gasteiger partial charge in [-0.25, -0.2) is 0 Å². The summed E-state index contributed by atoms with van der Waals surface area (Å²) in [6, 6.07) is 7.59. The van der Waals surface area contributed by atoms with E-state index in [-0.39, 0.29) is 17.5 Å². The van der Waals surface area contributed by atoms with Gasteiger partial charge < -0.3 is 15.5 Å². The van der Waals surface area contributed by atoms with E-state index < -0.39 is 0 Å². The summed E-state index contributed by atoms with van der Waals surface area (Å²) in [5.41, 5.74) is 1.97. The molecule has 0 bridgehead atoms. The Balaban J connectivity index is 2.09. The first-order chi connectivity index (χ1) is 8.42. The third-order valence-electron chi connectivity index (χ3n) is 3.74. The maximum atomic E-state index is 11.9. The third-order valence-corrected chi connectivity index (χ3v) is 3.74. The topological polar surface area (TPSA) is 44.4 Å². The van der Waals surface area contributed by atoms with Crippen LogP contribution in [0.15, 0.2) is 24.3 Å². The van der Waals surface area contributed by atoms with E-state index in [4.69, 9.17) is 0 Å². The highest BCUT2D eigenvalue weighted by molar-refractivity contribution is 6.02. The molecule has 4 nitrogen and oxygen atoms in total. The number of hydrogen-bond donors (Lipinski definition) is 2. The fourth-order valence-corrected chi connectivity index (χ4v) is 1.92. The molecule has 0 spiro atoms. The Labute approximate surface area is 108 Å². The first-order valence-electron chi connectivity index (χ1n) is 6.22. The Morgan fingerprint density at radius 1 is 1.33 bits per heavy atom. The van der Waals surface area contributed by atoms with E-state index in [0.29, 0.717) is 0 Å². The molecule has 4 heteroatoms. The molecule has 1 aliphatic rings. The lowest BCUT2D eigenvalue weighted by atomic mass is 10.0. The number of anilines is 1. The number of likely N-dealkylation sites (N-methyl/N-ethyl adjacent to an activating group) is 1. The molecule has 1 heterocycles. The van der Waals surface area contributed by atoms with Crippen molar-refractivity contribution in [2.75, 3.05) is 26.0 Å². The zero-order chi connectivity index (χ0) is 13.3. The molecule has 1 aromatic rings. The van der Waals surface area contributed by atoms with Gasteiger partial charge in [-0.05, 0) is 34.0 Å². The largest absolute Gasteiger partial charge is 0.324 e. The Morgan fingerprint density at radius 2 is 2.00 bits per heavy atom. The molecule has 1 atom stereocenters. The number of para-hydroxylation sites is 1. The molecular weight excluding hydrogens is 226 g/mol.